The smallest absolute Gasteiger partial charge is 0.321 e. The third-order valence-electron chi connectivity index (χ3n) is 4.54. The molecule has 5 nitrogen and oxygen atoms in total. The van der Waals surface area contributed by atoms with Crippen LogP contribution >= 0.6 is 11.6 Å². The summed E-state index contributed by atoms with van der Waals surface area (Å²) in [5.41, 5.74) is 2.94. The van der Waals surface area contributed by atoms with Gasteiger partial charge < -0.3 is 15.0 Å². The molecule has 27 heavy (non-hydrogen) atoms. The molecule has 0 spiro atoms. The van der Waals surface area contributed by atoms with Crippen LogP contribution in [0.2, 0.25) is 5.02 Å². The molecule has 1 aromatic heterocycles. The summed E-state index contributed by atoms with van der Waals surface area (Å²) in [6.07, 6.45) is 4.87. The number of rotatable bonds is 3. The Hall–Kier alpha value is -2.60. The molecule has 1 fully saturated rings. The summed E-state index contributed by atoms with van der Waals surface area (Å²) >= 11 is 5.79. The fraction of sp³-hybridized carbons (Fsp3) is 0.300. The van der Waals surface area contributed by atoms with Gasteiger partial charge in [-0.2, -0.15) is 0 Å². The minimum atomic E-state index is -0.338. The van der Waals surface area contributed by atoms with E-state index < -0.39 is 0 Å². The van der Waals surface area contributed by atoms with Crippen LogP contribution in [0, 0.1) is 12.7 Å². The van der Waals surface area contributed by atoms with E-state index in [4.69, 9.17) is 16.3 Å². The predicted octanol–water partition coefficient (Wildman–Crippen LogP) is 4.90. The molecule has 0 aliphatic carbocycles. The first kappa shape index (κ1) is 19.2. The van der Waals surface area contributed by atoms with E-state index in [1.54, 1.807) is 36.4 Å². The van der Waals surface area contributed by atoms with Gasteiger partial charge in [-0.15, -0.1) is 0 Å². The number of hydrogen-bond donors (Lipinski definition) is 1. The second kappa shape index (κ2) is 8.39. The molecule has 2 amide bonds. The molecule has 0 saturated carbocycles. The average Bonchev–Trinajstić information content (AvgIpc) is 2.65. The van der Waals surface area contributed by atoms with Gasteiger partial charge in [0.15, 0.2) is 5.75 Å². The van der Waals surface area contributed by atoms with Crippen LogP contribution in [0.25, 0.3) is 6.08 Å². The van der Waals surface area contributed by atoms with E-state index in [-0.39, 0.29) is 11.8 Å². The fourth-order valence-electron chi connectivity index (χ4n) is 3.08. The highest BCUT2D eigenvalue weighted by atomic mass is 35.5. The number of piperidine rings is 1. The molecule has 0 bridgehead atoms. The summed E-state index contributed by atoms with van der Waals surface area (Å²) < 4.78 is 19.3. The molecule has 1 aromatic carbocycles. The first-order chi connectivity index (χ1) is 13.0. The van der Waals surface area contributed by atoms with Crippen molar-refractivity contribution in [2.75, 3.05) is 25.5 Å². The normalized spacial score (nSPS) is 14.1. The van der Waals surface area contributed by atoms with Crippen LogP contribution in [-0.2, 0) is 0 Å². The highest BCUT2D eigenvalue weighted by Gasteiger charge is 2.20. The zero-order valence-electron chi connectivity index (χ0n) is 15.3. The maximum Gasteiger partial charge on any atom is 0.321 e. The average molecular weight is 390 g/mol. The number of benzene rings is 1. The molecule has 1 aliphatic heterocycles. The summed E-state index contributed by atoms with van der Waals surface area (Å²) in [6, 6.07) is 6.17. The Morgan fingerprint density at radius 3 is 2.74 bits per heavy atom. The number of halogens is 2. The van der Waals surface area contributed by atoms with Crippen LogP contribution in [0.15, 0.2) is 36.0 Å². The largest absolute Gasteiger partial charge is 0.493 e. The van der Waals surface area contributed by atoms with Crippen molar-refractivity contribution in [2.24, 2.45) is 0 Å². The number of carbonyl (C=O) groups excluding carboxylic acids is 1. The third-order valence-corrected chi connectivity index (χ3v) is 4.78. The standard InChI is InChI=1S/C20H21ClFN3O2/c1-13-19(27-2)18(5-8-23-13)24-20(26)25-9-6-14(7-10-25)11-15-3-4-16(21)12-17(15)22/h3-5,8,11-12H,6-7,9-10H2,1-2H3,(H,23,24,26). The molecule has 1 aliphatic rings. The van der Waals surface area contributed by atoms with Gasteiger partial charge >= 0.3 is 6.03 Å². The molecule has 142 valence electrons. The number of anilines is 1. The van der Waals surface area contributed by atoms with E-state index >= 15 is 0 Å². The van der Waals surface area contributed by atoms with Crippen molar-refractivity contribution in [1.82, 2.24) is 9.88 Å². The molecule has 2 aromatic rings. The van der Waals surface area contributed by atoms with Gasteiger partial charge in [0.1, 0.15) is 5.82 Å². The van der Waals surface area contributed by atoms with Crippen molar-refractivity contribution in [3.05, 3.63) is 58.1 Å². The van der Waals surface area contributed by atoms with E-state index in [2.05, 4.69) is 10.3 Å². The van der Waals surface area contributed by atoms with E-state index in [1.165, 1.54) is 6.07 Å². The number of nitrogens with zero attached hydrogens (tertiary/aromatic N) is 2. The number of aromatic nitrogens is 1. The van der Waals surface area contributed by atoms with Gasteiger partial charge in [-0.1, -0.05) is 29.3 Å². The minimum Gasteiger partial charge on any atom is -0.493 e. The second-order valence-electron chi connectivity index (χ2n) is 6.36. The summed E-state index contributed by atoms with van der Waals surface area (Å²) in [6.45, 7) is 2.96. The Morgan fingerprint density at radius 2 is 2.07 bits per heavy atom. The molecule has 3 rings (SSSR count). The van der Waals surface area contributed by atoms with Gasteiger partial charge in [0.2, 0.25) is 0 Å². The lowest BCUT2D eigenvalue weighted by atomic mass is 10.0. The Morgan fingerprint density at radius 1 is 1.33 bits per heavy atom. The number of amides is 2. The van der Waals surface area contributed by atoms with Gasteiger partial charge in [0, 0.05) is 29.9 Å². The van der Waals surface area contributed by atoms with Crippen molar-refractivity contribution in [3.63, 3.8) is 0 Å². The molecule has 0 radical (unpaired) electrons. The number of carbonyl (C=O) groups is 1. The monoisotopic (exact) mass is 389 g/mol. The van der Waals surface area contributed by atoms with E-state index in [9.17, 15) is 9.18 Å². The molecule has 0 atom stereocenters. The Balaban J connectivity index is 1.63. The molecule has 0 unspecified atom stereocenters. The zero-order valence-corrected chi connectivity index (χ0v) is 16.0. The van der Waals surface area contributed by atoms with Gasteiger partial charge in [-0.3, -0.25) is 4.98 Å². The quantitative estimate of drug-likeness (QED) is 0.812. The van der Waals surface area contributed by atoms with Crippen molar-refractivity contribution in [1.29, 1.82) is 0 Å². The number of pyridine rings is 1. The van der Waals surface area contributed by atoms with Gasteiger partial charge in [-0.05, 0) is 38.0 Å². The topological polar surface area (TPSA) is 54.5 Å². The highest BCUT2D eigenvalue weighted by molar-refractivity contribution is 6.30. The highest BCUT2D eigenvalue weighted by Crippen LogP contribution is 2.27. The lowest BCUT2D eigenvalue weighted by molar-refractivity contribution is 0.207. The fourth-order valence-corrected chi connectivity index (χ4v) is 3.24. The summed E-state index contributed by atoms with van der Waals surface area (Å²) in [7, 11) is 1.55. The summed E-state index contributed by atoms with van der Waals surface area (Å²) in [5, 5.41) is 3.26. The maximum absolute atomic E-state index is 13.9. The number of urea groups is 1. The lowest BCUT2D eigenvalue weighted by Gasteiger charge is -2.29. The molecule has 7 heteroatoms. The van der Waals surface area contributed by atoms with Gasteiger partial charge in [-0.25, -0.2) is 9.18 Å². The van der Waals surface area contributed by atoms with Crippen molar-refractivity contribution >= 4 is 29.4 Å². The minimum absolute atomic E-state index is 0.185. The number of hydrogen-bond acceptors (Lipinski definition) is 3. The number of nitrogens with one attached hydrogen (secondary N) is 1. The van der Waals surface area contributed by atoms with E-state index in [0.717, 1.165) is 5.57 Å². The molecule has 1 saturated heterocycles. The van der Waals surface area contributed by atoms with Gasteiger partial charge in [0.05, 0.1) is 18.5 Å². The molecular formula is C20H21ClFN3O2. The second-order valence-corrected chi connectivity index (χ2v) is 6.80. The van der Waals surface area contributed by atoms with Crippen LogP contribution in [-0.4, -0.2) is 36.1 Å². The third kappa shape index (κ3) is 4.57. The summed E-state index contributed by atoms with van der Waals surface area (Å²) in [5.74, 6) is 0.219. The van der Waals surface area contributed by atoms with Crippen LogP contribution in [0.4, 0.5) is 14.9 Å². The molecule has 1 N–H and O–H groups in total. The number of methoxy groups -OCH3 is 1. The first-order valence-electron chi connectivity index (χ1n) is 8.68. The number of likely N-dealkylation sites (tertiary alicyclic amines) is 1. The summed E-state index contributed by atoms with van der Waals surface area (Å²) in [4.78, 5) is 18.4. The molecular weight excluding hydrogens is 369 g/mol. The Bertz CT molecular complexity index is 876. The Labute approximate surface area is 162 Å². The van der Waals surface area contributed by atoms with Crippen molar-refractivity contribution in [3.8, 4) is 5.75 Å². The zero-order chi connectivity index (χ0) is 19.4. The van der Waals surface area contributed by atoms with Crippen LogP contribution < -0.4 is 10.1 Å². The maximum atomic E-state index is 13.9. The van der Waals surface area contributed by atoms with Crippen LogP contribution in [0.3, 0.4) is 0 Å². The van der Waals surface area contributed by atoms with Crippen molar-refractivity contribution < 1.29 is 13.9 Å². The predicted molar refractivity (Wildman–Crippen MR) is 105 cm³/mol. The van der Waals surface area contributed by atoms with Crippen LogP contribution in [0.1, 0.15) is 24.1 Å². The number of ether oxygens (including phenoxy) is 1. The van der Waals surface area contributed by atoms with E-state index in [0.29, 0.717) is 53.6 Å². The van der Waals surface area contributed by atoms with Crippen LogP contribution in [0.5, 0.6) is 5.75 Å². The van der Waals surface area contributed by atoms with Gasteiger partial charge in [0.25, 0.3) is 0 Å². The lowest BCUT2D eigenvalue weighted by Crippen LogP contribution is -2.39. The SMILES string of the molecule is COc1c(NC(=O)N2CCC(=Cc3ccc(Cl)cc3F)CC2)ccnc1C. The Kier molecular flexibility index (Phi) is 5.96. The van der Waals surface area contributed by atoms with E-state index in [1.807, 2.05) is 13.0 Å². The molecule has 2 heterocycles. The number of aryl methyl sites for hydroxylation is 1. The van der Waals surface area contributed by atoms with Crippen molar-refractivity contribution in [2.45, 2.75) is 19.8 Å². The first-order valence-corrected chi connectivity index (χ1v) is 9.05.